The lowest BCUT2D eigenvalue weighted by molar-refractivity contribution is 0.0551. The fraction of sp³-hybridized carbons (Fsp3) is 0.438. The van der Waals surface area contributed by atoms with Crippen molar-refractivity contribution in [3.63, 3.8) is 0 Å². The smallest absolute Gasteiger partial charge is 0.149 e. The van der Waals surface area contributed by atoms with Crippen LogP contribution < -0.4 is 5.32 Å². The normalized spacial score (nSPS) is 16.2. The van der Waals surface area contributed by atoms with Crippen LogP contribution in [0.25, 0.3) is 10.8 Å². The van der Waals surface area contributed by atoms with Gasteiger partial charge in [-0.25, -0.2) is 4.39 Å². The van der Waals surface area contributed by atoms with E-state index in [0.717, 1.165) is 30.5 Å². The van der Waals surface area contributed by atoms with E-state index in [0.29, 0.717) is 18.1 Å². The van der Waals surface area contributed by atoms with Gasteiger partial charge >= 0.3 is 0 Å². The van der Waals surface area contributed by atoms with Gasteiger partial charge in [-0.3, -0.25) is 4.98 Å². The van der Waals surface area contributed by atoms with Crippen LogP contribution in [0.2, 0.25) is 0 Å². The van der Waals surface area contributed by atoms with Crippen LogP contribution in [-0.2, 0) is 4.74 Å². The molecule has 1 aliphatic heterocycles. The van der Waals surface area contributed by atoms with Crippen molar-refractivity contribution in [2.75, 3.05) is 30.0 Å². The van der Waals surface area contributed by atoms with Crippen LogP contribution in [0.3, 0.4) is 0 Å². The first-order valence-corrected chi connectivity index (χ1v) is 8.45. The maximum atomic E-state index is 13.7. The Kier molecular flexibility index (Phi) is 4.93. The lowest BCUT2D eigenvalue weighted by atomic mass is 10.1. The number of rotatable bonds is 5. The Morgan fingerprint density at radius 2 is 2.14 bits per heavy atom. The molecule has 0 amide bonds. The number of anilines is 1. The molecule has 1 saturated heterocycles. The van der Waals surface area contributed by atoms with Crippen molar-refractivity contribution in [1.29, 1.82) is 0 Å². The highest BCUT2D eigenvalue weighted by Gasteiger charge is 2.13. The van der Waals surface area contributed by atoms with Crippen molar-refractivity contribution < 1.29 is 9.13 Å². The highest BCUT2D eigenvalue weighted by Crippen LogP contribution is 2.21. The minimum Gasteiger partial charge on any atom is -0.383 e. The van der Waals surface area contributed by atoms with Crippen LogP contribution in [0.5, 0.6) is 0 Å². The zero-order valence-electron chi connectivity index (χ0n) is 11.8. The molecule has 1 N–H and O–H groups in total. The van der Waals surface area contributed by atoms with Gasteiger partial charge in [0, 0.05) is 29.2 Å². The Morgan fingerprint density at radius 1 is 1.29 bits per heavy atom. The van der Waals surface area contributed by atoms with Crippen molar-refractivity contribution in [3.8, 4) is 0 Å². The number of nitrogens with zero attached hydrogens (tertiary/aromatic N) is 1. The van der Waals surface area contributed by atoms with E-state index in [2.05, 4.69) is 10.3 Å². The molecule has 3 nitrogen and oxygen atoms in total. The number of fused-ring (bicyclic) bond motifs is 1. The molecule has 1 aliphatic rings. The summed E-state index contributed by atoms with van der Waals surface area (Å²) in [5, 5.41) is 4.70. The van der Waals surface area contributed by atoms with Crippen LogP contribution in [-0.4, -0.2) is 35.7 Å². The lowest BCUT2D eigenvalue weighted by Gasteiger charge is -2.21. The summed E-state index contributed by atoms with van der Waals surface area (Å²) in [4.78, 5) is 3.85. The maximum Gasteiger partial charge on any atom is 0.149 e. The molecule has 0 spiro atoms. The van der Waals surface area contributed by atoms with Gasteiger partial charge in [-0.2, -0.15) is 11.8 Å². The van der Waals surface area contributed by atoms with E-state index in [-0.39, 0.29) is 5.82 Å². The van der Waals surface area contributed by atoms with E-state index in [1.165, 1.54) is 17.7 Å². The molecule has 112 valence electrons. The number of pyridine rings is 1. The number of halogens is 1. The van der Waals surface area contributed by atoms with Crippen molar-refractivity contribution in [3.05, 3.63) is 36.4 Å². The summed E-state index contributed by atoms with van der Waals surface area (Å²) in [7, 11) is 0. The zero-order valence-corrected chi connectivity index (χ0v) is 12.7. The molecule has 2 heterocycles. The first-order chi connectivity index (χ1) is 10.3. The molecule has 5 heteroatoms. The molecule has 0 bridgehead atoms. The zero-order chi connectivity index (χ0) is 14.5. The fourth-order valence-corrected chi connectivity index (χ4v) is 3.57. The second kappa shape index (κ2) is 7.09. The predicted octanol–water partition coefficient (Wildman–Crippen LogP) is 3.70. The predicted molar refractivity (Wildman–Crippen MR) is 86.5 cm³/mol. The van der Waals surface area contributed by atoms with Gasteiger partial charge in [0.1, 0.15) is 5.82 Å². The Balaban J connectivity index is 1.52. The van der Waals surface area contributed by atoms with Gasteiger partial charge in [-0.1, -0.05) is 6.07 Å². The van der Waals surface area contributed by atoms with Gasteiger partial charge < -0.3 is 10.1 Å². The Hall–Kier alpha value is -1.33. The Morgan fingerprint density at radius 3 is 3.00 bits per heavy atom. The monoisotopic (exact) mass is 306 g/mol. The van der Waals surface area contributed by atoms with Crippen molar-refractivity contribution >= 4 is 28.2 Å². The van der Waals surface area contributed by atoms with Gasteiger partial charge in [-0.15, -0.1) is 0 Å². The topological polar surface area (TPSA) is 34.2 Å². The van der Waals surface area contributed by atoms with Gasteiger partial charge in [0.15, 0.2) is 0 Å². The molecular formula is C16H19FN2OS. The van der Waals surface area contributed by atoms with E-state index < -0.39 is 0 Å². The first kappa shape index (κ1) is 14.6. The van der Waals surface area contributed by atoms with Gasteiger partial charge in [0.2, 0.25) is 0 Å². The molecule has 0 aliphatic carbocycles. The number of aromatic nitrogens is 1. The summed E-state index contributed by atoms with van der Waals surface area (Å²) in [5.74, 6) is 2.12. The molecule has 0 atom stereocenters. The second-order valence-electron chi connectivity index (χ2n) is 5.17. The number of nitrogens with one attached hydrogen (secondary N) is 1. The standard InChI is InChI=1S/C16H19FN2OS/c17-16-11-18-10-12-1-2-13(9-15(12)16)19-5-6-20-14-3-7-21-8-4-14/h1-2,9-11,14,19H,3-8H2. The Bertz CT molecular complexity index is 602. The number of thioether (sulfide) groups is 1. The third-order valence-electron chi connectivity index (χ3n) is 3.67. The fourth-order valence-electron chi connectivity index (χ4n) is 2.50. The third-order valence-corrected chi connectivity index (χ3v) is 4.71. The van der Waals surface area contributed by atoms with Crippen molar-refractivity contribution in [2.24, 2.45) is 0 Å². The molecule has 21 heavy (non-hydrogen) atoms. The number of ether oxygens (including phenoxy) is 1. The summed E-state index contributed by atoms with van der Waals surface area (Å²) >= 11 is 2.00. The molecule has 1 fully saturated rings. The van der Waals surface area contributed by atoms with E-state index in [1.807, 2.05) is 30.0 Å². The van der Waals surface area contributed by atoms with Gasteiger partial charge in [0.05, 0.1) is 18.9 Å². The molecule has 2 aromatic rings. The summed E-state index contributed by atoms with van der Waals surface area (Å²) in [5.41, 5.74) is 0.912. The molecule has 1 aromatic carbocycles. The van der Waals surface area contributed by atoms with Crippen LogP contribution >= 0.6 is 11.8 Å². The minimum atomic E-state index is -0.285. The van der Waals surface area contributed by atoms with Crippen molar-refractivity contribution in [2.45, 2.75) is 18.9 Å². The highest BCUT2D eigenvalue weighted by atomic mass is 32.2. The highest BCUT2D eigenvalue weighted by molar-refractivity contribution is 7.99. The largest absolute Gasteiger partial charge is 0.383 e. The van der Waals surface area contributed by atoms with E-state index in [1.54, 1.807) is 6.20 Å². The molecule has 0 unspecified atom stereocenters. The van der Waals surface area contributed by atoms with E-state index >= 15 is 0 Å². The van der Waals surface area contributed by atoms with Crippen molar-refractivity contribution in [1.82, 2.24) is 4.98 Å². The summed E-state index contributed by atoms with van der Waals surface area (Å²) < 4.78 is 19.5. The number of benzene rings is 1. The SMILES string of the molecule is Fc1cncc2ccc(NCCOC3CCSCC3)cc12. The number of hydrogen-bond acceptors (Lipinski definition) is 4. The molecule has 0 radical (unpaired) electrons. The quantitative estimate of drug-likeness (QED) is 0.854. The lowest BCUT2D eigenvalue weighted by Crippen LogP contribution is -2.22. The number of hydrogen-bond donors (Lipinski definition) is 1. The summed E-state index contributed by atoms with van der Waals surface area (Å²) in [6.45, 7) is 1.42. The molecule has 3 rings (SSSR count). The Labute approximate surface area is 128 Å². The maximum absolute atomic E-state index is 13.7. The third kappa shape index (κ3) is 3.86. The first-order valence-electron chi connectivity index (χ1n) is 7.29. The van der Waals surface area contributed by atoms with E-state index in [9.17, 15) is 4.39 Å². The molecule has 1 aromatic heterocycles. The average molecular weight is 306 g/mol. The van der Waals surface area contributed by atoms with Crippen LogP contribution in [0.1, 0.15) is 12.8 Å². The summed E-state index contributed by atoms with van der Waals surface area (Å²) in [6, 6.07) is 5.65. The van der Waals surface area contributed by atoms with Crippen LogP contribution in [0.15, 0.2) is 30.6 Å². The van der Waals surface area contributed by atoms with Crippen LogP contribution in [0.4, 0.5) is 10.1 Å². The average Bonchev–Trinajstić information content (AvgIpc) is 2.53. The summed E-state index contributed by atoms with van der Waals surface area (Å²) in [6.07, 6.45) is 5.63. The van der Waals surface area contributed by atoms with Crippen LogP contribution in [0, 0.1) is 5.82 Å². The van der Waals surface area contributed by atoms with Gasteiger partial charge in [-0.05, 0) is 36.5 Å². The minimum absolute atomic E-state index is 0.285. The second-order valence-corrected chi connectivity index (χ2v) is 6.39. The van der Waals surface area contributed by atoms with E-state index in [4.69, 9.17) is 4.74 Å². The van der Waals surface area contributed by atoms with Gasteiger partial charge in [0.25, 0.3) is 0 Å². The molecule has 0 saturated carbocycles. The molecular weight excluding hydrogens is 287 g/mol.